The Morgan fingerprint density at radius 1 is 1.31 bits per heavy atom. The molecule has 0 saturated heterocycles. The molecule has 0 spiro atoms. The van der Waals surface area contributed by atoms with Crippen molar-refractivity contribution in [1.82, 2.24) is 24.4 Å². The summed E-state index contributed by atoms with van der Waals surface area (Å²) in [6.45, 7) is 3.24. The predicted molar refractivity (Wildman–Crippen MR) is 94.1 cm³/mol. The molecule has 132 valence electrons. The molecule has 1 aliphatic heterocycles. The van der Waals surface area contributed by atoms with Crippen LogP contribution in [0.5, 0.6) is 5.88 Å². The van der Waals surface area contributed by atoms with Crippen molar-refractivity contribution in [2.24, 2.45) is 0 Å². The van der Waals surface area contributed by atoms with E-state index >= 15 is 0 Å². The quantitative estimate of drug-likeness (QED) is 0.702. The number of amides is 1. The number of hydrogen-bond acceptors (Lipinski definition) is 6. The first-order chi connectivity index (χ1) is 12.6. The Kier molecular flexibility index (Phi) is 3.87. The van der Waals surface area contributed by atoms with Crippen LogP contribution < -0.4 is 10.3 Å². The zero-order valence-electron chi connectivity index (χ0n) is 14.5. The molecule has 4 heterocycles. The van der Waals surface area contributed by atoms with E-state index in [1.165, 1.54) is 18.0 Å². The van der Waals surface area contributed by atoms with Gasteiger partial charge in [-0.05, 0) is 19.1 Å². The highest BCUT2D eigenvalue weighted by Gasteiger charge is 2.29. The van der Waals surface area contributed by atoms with E-state index in [9.17, 15) is 9.59 Å². The van der Waals surface area contributed by atoms with E-state index in [2.05, 4.69) is 15.0 Å². The summed E-state index contributed by atoms with van der Waals surface area (Å²) in [7, 11) is 1.53. The number of fused-ring (bicyclic) bond motifs is 2. The van der Waals surface area contributed by atoms with E-state index in [0.717, 1.165) is 0 Å². The molecule has 4 rings (SSSR count). The number of pyridine rings is 2. The van der Waals surface area contributed by atoms with Crippen molar-refractivity contribution in [1.29, 1.82) is 0 Å². The third-order valence-corrected chi connectivity index (χ3v) is 4.54. The van der Waals surface area contributed by atoms with Gasteiger partial charge in [0.25, 0.3) is 11.5 Å². The van der Waals surface area contributed by atoms with Crippen LogP contribution in [-0.2, 0) is 13.1 Å². The first-order valence-electron chi connectivity index (χ1n) is 8.27. The van der Waals surface area contributed by atoms with Crippen molar-refractivity contribution >= 4 is 16.8 Å². The van der Waals surface area contributed by atoms with Crippen LogP contribution in [0.25, 0.3) is 10.9 Å². The Morgan fingerprint density at radius 2 is 2.15 bits per heavy atom. The number of hydrogen-bond donors (Lipinski definition) is 0. The van der Waals surface area contributed by atoms with Gasteiger partial charge in [0.1, 0.15) is 0 Å². The molecular weight excluding hydrogens is 334 g/mol. The smallest absolute Gasteiger partial charge is 0.261 e. The summed E-state index contributed by atoms with van der Waals surface area (Å²) in [6, 6.07) is 3.41. The van der Waals surface area contributed by atoms with Crippen molar-refractivity contribution in [2.75, 3.05) is 13.7 Å². The fourth-order valence-electron chi connectivity index (χ4n) is 3.15. The lowest BCUT2D eigenvalue weighted by Gasteiger charge is -2.11. The standard InChI is InChI=1S/C18H17N5O3/c1-3-22-9-15-13(18(22)25)6-11(16(21-15)26-2)8-23-10-20-14-7-19-5-4-12(14)17(23)24/h4-7,10H,3,8-9H2,1-2H3. The lowest BCUT2D eigenvalue weighted by molar-refractivity contribution is 0.0786. The molecule has 8 heteroatoms. The average Bonchev–Trinajstić information content (AvgIpc) is 2.98. The van der Waals surface area contributed by atoms with Crippen molar-refractivity contribution in [3.63, 3.8) is 0 Å². The molecule has 0 saturated carbocycles. The molecule has 0 atom stereocenters. The van der Waals surface area contributed by atoms with Gasteiger partial charge >= 0.3 is 0 Å². The van der Waals surface area contributed by atoms with Gasteiger partial charge in [-0.3, -0.25) is 19.1 Å². The van der Waals surface area contributed by atoms with E-state index in [-0.39, 0.29) is 18.0 Å². The number of carbonyl (C=O) groups excluding carboxylic acids is 1. The van der Waals surface area contributed by atoms with E-state index in [1.54, 1.807) is 29.4 Å². The van der Waals surface area contributed by atoms with E-state index < -0.39 is 0 Å². The minimum absolute atomic E-state index is 0.0473. The van der Waals surface area contributed by atoms with Gasteiger partial charge in [-0.1, -0.05) is 0 Å². The predicted octanol–water partition coefficient (Wildman–Crippen LogP) is 1.22. The summed E-state index contributed by atoms with van der Waals surface area (Å²) in [6.07, 6.45) is 4.58. The highest BCUT2D eigenvalue weighted by atomic mass is 16.5. The number of methoxy groups -OCH3 is 1. The third-order valence-electron chi connectivity index (χ3n) is 4.54. The van der Waals surface area contributed by atoms with Gasteiger partial charge in [0, 0.05) is 18.3 Å². The second-order valence-electron chi connectivity index (χ2n) is 6.04. The zero-order chi connectivity index (χ0) is 18.3. The van der Waals surface area contributed by atoms with E-state index in [1.807, 2.05) is 6.92 Å². The third kappa shape index (κ3) is 2.50. The SMILES string of the molecule is CCN1Cc2nc(OC)c(Cn3cnc4cnccc4c3=O)cc2C1=O. The van der Waals surface area contributed by atoms with Gasteiger partial charge in [0.05, 0.1) is 54.9 Å². The number of rotatable bonds is 4. The number of aromatic nitrogens is 4. The molecule has 0 aliphatic carbocycles. The molecule has 0 fully saturated rings. The van der Waals surface area contributed by atoms with Crippen LogP contribution >= 0.6 is 0 Å². The van der Waals surface area contributed by atoms with Gasteiger partial charge in [0.15, 0.2) is 0 Å². The summed E-state index contributed by atoms with van der Waals surface area (Å²) < 4.78 is 6.87. The summed E-state index contributed by atoms with van der Waals surface area (Å²) in [5.41, 5.74) is 2.29. The highest BCUT2D eigenvalue weighted by molar-refractivity contribution is 5.98. The summed E-state index contributed by atoms with van der Waals surface area (Å²) in [4.78, 5) is 39.6. The molecule has 0 bridgehead atoms. The minimum Gasteiger partial charge on any atom is -0.481 e. The fourth-order valence-corrected chi connectivity index (χ4v) is 3.15. The van der Waals surface area contributed by atoms with Gasteiger partial charge in [-0.15, -0.1) is 0 Å². The number of nitrogens with zero attached hydrogens (tertiary/aromatic N) is 5. The Bertz CT molecular complexity index is 1080. The van der Waals surface area contributed by atoms with Crippen molar-refractivity contribution in [2.45, 2.75) is 20.0 Å². The molecule has 8 nitrogen and oxygen atoms in total. The van der Waals surface area contributed by atoms with Crippen LogP contribution in [0.1, 0.15) is 28.5 Å². The highest BCUT2D eigenvalue weighted by Crippen LogP contribution is 2.27. The summed E-state index contributed by atoms with van der Waals surface area (Å²) >= 11 is 0. The molecule has 0 aromatic carbocycles. The molecule has 0 radical (unpaired) electrons. The number of ether oxygens (including phenoxy) is 1. The summed E-state index contributed by atoms with van der Waals surface area (Å²) in [5.74, 6) is 0.366. The topological polar surface area (TPSA) is 90.2 Å². The van der Waals surface area contributed by atoms with Crippen molar-refractivity contribution in [3.05, 3.63) is 58.0 Å². The normalized spacial score (nSPS) is 13.3. The lowest BCUT2D eigenvalue weighted by Crippen LogP contribution is -2.23. The number of carbonyl (C=O) groups is 1. The molecule has 26 heavy (non-hydrogen) atoms. The maximum Gasteiger partial charge on any atom is 0.261 e. The summed E-state index contributed by atoms with van der Waals surface area (Å²) in [5, 5.41) is 0.490. The van der Waals surface area contributed by atoms with Crippen LogP contribution in [0.15, 0.2) is 35.6 Å². The average molecular weight is 351 g/mol. The van der Waals surface area contributed by atoms with Crippen LogP contribution in [0.3, 0.4) is 0 Å². The van der Waals surface area contributed by atoms with Crippen molar-refractivity contribution in [3.8, 4) is 5.88 Å². The molecule has 0 unspecified atom stereocenters. The van der Waals surface area contributed by atoms with Gasteiger partial charge < -0.3 is 9.64 Å². The minimum atomic E-state index is -0.179. The van der Waals surface area contributed by atoms with Gasteiger partial charge in [0.2, 0.25) is 5.88 Å². The van der Waals surface area contributed by atoms with Crippen LogP contribution in [-0.4, -0.2) is 44.0 Å². The Morgan fingerprint density at radius 3 is 2.92 bits per heavy atom. The van der Waals surface area contributed by atoms with Crippen LogP contribution in [0.2, 0.25) is 0 Å². The van der Waals surface area contributed by atoms with Crippen LogP contribution in [0, 0.1) is 0 Å². The fraction of sp³-hybridized carbons (Fsp3) is 0.278. The lowest BCUT2D eigenvalue weighted by atomic mass is 10.1. The first kappa shape index (κ1) is 16.2. The Balaban J connectivity index is 1.78. The molecule has 1 aliphatic rings. The second kappa shape index (κ2) is 6.21. The monoisotopic (exact) mass is 351 g/mol. The Labute approximate surface area is 149 Å². The molecule has 1 amide bonds. The maximum absolute atomic E-state index is 12.7. The Hall–Kier alpha value is -3.29. The van der Waals surface area contributed by atoms with Crippen molar-refractivity contribution < 1.29 is 9.53 Å². The molecule has 3 aromatic rings. The second-order valence-corrected chi connectivity index (χ2v) is 6.04. The molecule has 3 aromatic heterocycles. The molecular formula is C18H17N5O3. The van der Waals surface area contributed by atoms with Crippen LogP contribution in [0.4, 0.5) is 0 Å². The first-order valence-corrected chi connectivity index (χ1v) is 8.27. The van der Waals surface area contributed by atoms with E-state index in [4.69, 9.17) is 4.74 Å². The van der Waals surface area contributed by atoms with Gasteiger partial charge in [-0.2, -0.15) is 0 Å². The largest absolute Gasteiger partial charge is 0.481 e. The zero-order valence-corrected chi connectivity index (χ0v) is 14.5. The van der Waals surface area contributed by atoms with Gasteiger partial charge in [-0.25, -0.2) is 9.97 Å². The van der Waals surface area contributed by atoms with E-state index in [0.29, 0.717) is 46.7 Å². The maximum atomic E-state index is 12.7. The molecule has 0 N–H and O–H groups in total.